The van der Waals surface area contributed by atoms with Gasteiger partial charge in [-0.1, -0.05) is 6.07 Å². The third kappa shape index (κ3) is 5.01. The number of carbonyl (C=O) groups excluding carboxylic acids is 3. The highest BCUT2D eigenvalue weighted by Gasteiger charge is 2.17. The predicted molar refractivity (Wildman–Crippen MR) is 102 cm³/mol. The number of ether oxygens (including phenoxy) is 2. The lowest BCUT2D eigenvalue weighted by Crippen LogP contribution is -2.21. The second kappa shape index (κ2) is 8.59. The Kier molecular flexibility index (Phi) is 5.97. The van der Waals surface area contributed by atoms with E-state index in [1.165, 1.54) is 7.11 Å². The molecule has 1 heterocycles. The quantitative estimate of drug-likeness (QED) is 0.768. The van der Waals surface area contributed by atoms with E-state index in [1.807, 2.05) is 0 Å². The van der Waals surface area contributed by atoms with Gasteiger partial charge in [0.15, 0.2) is 6.61 Å². The third-order valence-corrected chi connectivity index (χ3v) is 4.84. The van der Waals surface area contributed by atoms with Crippen molar-refractivity contribution in [1.82, 2.24) is 0 Å². The summed E-state index contributed by atoms with van der Waals surface area (Å²) in [6.07, 6.45) is 0.420. The number of thioether (sulfide) groups is 1. The van der Waals surface area contributed by atoms with Gasteiger partial charge in [0, 0.05) is 28.8 Å². The number of hydrogen-bond acceptors (Lipinski definition) is 6. The van der Waals surface area contributed by atoms with Gasteiger partial charge in [-0.3, -0.25) is 9.59 Å². The second-order valence-corrected chi connectivity index (χ2v) is 6.85. The van der Waals surface area contributed by atoms with Crippen LogP contribution in [0.15, 0.2) is 47.4 Å². The van der Waals surface area contributed by atoms with E-state index in [-0.39, 0.29) is 11.5 Å². The van der Waals surface area contributed by atoms with Crippen molar-refractivity contribution < 1.29 is 23.9 Å². The van der Waals surface area contributed by atoms with Crippen molar-refractivity contribution in [1.29, 1.82) is 0 Å². The van der Waals surface area contributed by atoms with E-state index in [2.05, 4.69) is 10.6 Å². The Bertz CT molecular complexity index is 884. The highest BCUT2D eigenvalue weighted by Crippen LogP contribution is 2.31. The molecule has 2 aromatic carbocycles. The van der Waals surface area contributed by atoms with Gasteiger partial charge in [-0.25, -0.2) is 4.79 Å². The predicted octanol–water partition coefficient (Wildman–Crippen LogP) is 2.93. The summed E-state index contributed by atoms with van der Waals surface area (Å²) in [5.41, 5.74) is 1.39. The van der Waals surface area contributed by atoms with Crippen molar-refractivity contribution in [3.63, 3.8) is 0 Å². The zero-order valence-corrected chi connectivity index (χ0v) is 15.4. The molecule has 7 nitrogen and oxygen atoms in total. The smallest absolute Gasteiger partial charge is 0.338 e. The van der Waals surface area contributed by atoms with Crippen molar-refractivity contribution in [2.75, 3.05) is 30.1 Å². The van der Waals surface area contributed by atoms with Gasteiger partial charge in [-0.05, 0) is 30.3 Å². The topological polar surface area (TPSA) is 93.7 Å². The largest absolute Gasteiger partial charge is 0.497 e. The number of fused-ring (bicyclic) bond motifs is 1. The monoisotopic (exact) mass is 386 g/mol. The fourth-order valence-electron chi connectivity index (χ4n) is 2.46. The minimum absolute atomic E-state index is 0.0931. The molecule has 0 fully saturated rings. The molecule has 0 unspecified atom stereocenters. The van der Waals surface area contributed by atoms with Crippen LogP contribution in [-0.4, -0.2) is 37.3 Å². The molecule has 0 spiro atoms. The number of anilines is 2. The van der Waals surface area contributed by atoms with Crippen LogP contribution < -0.4 is 15.4 Å². The lowest BCUT2D eigenvalue weighted by Gasteiger charge is -2.10. The molecule has 3 rings (SSSR count). The second-order valence-electron chi connectivity index (χ2n) is 5.71. The summed E-state index contributed by atoms with van der Waals surface area (Å²) in [7, 11) is 1.53. The standard InChI is InChI=1S/C19H18N2O5S/c1-25-14-4-2-3-13(10-14)20-18(23)11-26-19(24)12-5-6-16-15(9-12)21-17(22)7-8-27-16/h2-6,9-10H,7-8,11H2,1H3,(H,20,23)(H,21,22). The Hall–Kier alpha value is -3.00. The van der Waals surface area contributed by atoms with Crippen LogP contribution in [0.4, 0.5) is 11.4 Å². The Balaban J connectivity index is 1.59. The molecule has 0 saturated heterocycles. The van der Waals surface area contributed by atoms with Crippen LogP contribution in [0.2, 0.25) is 0 Å². The van der Waals surface area contributed by atoms with Gasteiger partial charge in [0.05, 0.1) is 18.4 Å². The van der Waals surface area contributed by atoms with Gasteiger partial charge in [-0.15, -0.1) is 11.8 Å². The highest BCUT2D eigenvalue weighted by molar-refractivity contribution is 7.99. The van der Waals surface area contributed by atoms with Crippen LogP contribution >= 0.6 is 11.8 Å². The molecule has 0 atom stereocenters. The van der Waals surface area contributed by atoms with E-state index in [0.29, 0.717) is 29.3 Å². The van der Waals surface area contributed by atoms with Gasteiger partial charge in [0.2, 0.25) is 5.91 Å². The van der Waals surface area contributed by atoms with E-state index in [0.717, 1.165) is 4.90 Å². The minimum atomic E-state index is -0.637. The summed E-state index contributed by atoms with van der Waals surface area (Å²) in [5, 5.41) is 5.40. The molecule has 1 aliphatic heterocycles. The van der Waals surface area contributed by atoms with Crippen molar-refractivity contribution >= 4 is 40.9 Å². The van der Waals surface area contributed by atoms with E-state index in [1.54, 1.807) is 54.2 Å². The molecule has 2 amide bonds. The molecule has 2 aromatic rings. The van der Waals surface area contributed by atoms with Gasteiger partial charge in [0.1, 0.15) is 5.75 Å². The fraction of sp³-hybridized carbons (Fsp3) is 0.211. The Labute approximate surface area is 160 Å². The number of hydrogen-bond donors (Lipinski definition) is 2. The summed E-state index contributed by atoms with van der Waals surface area (Å²) in [5.74, 6) is 0.101. The lowest BCUT2D eigenvalue weighted by molar-refractivity contribution is -0.119. The SMILES string of the molecule is COc1cccc(NC(=O)COC(=O)c2ccc3c(c2)NC(=O)CCS3)c1. The minimum Gasteiger partial charge on any atom is -0.497 e. The first-order valence-electron chi connectivity index (χ1n) is 8.23. The molecule has 2 N–H and O–H groups in total. The number of methoxy groups -OCH3 is 1. The van der Waals surface area contributed by atoms with Crippen molar-refractivity contribution in [2.24, 2.45) is 0 Å². The number of esters is 1. The highest BCUT2D eigenvalue weighted by atomic mass is 32.2. The normalized spacial score (nSPS) is 13.0. The van der Waals surface area contributed by atoms with Crippen LogP contribution in [0.1, 0.15) is 16.8 Å². The Morgan fingerprint density at radius 2 is 2.07 bits per heavy atom. The fourth-order valence-corrected chi connectivity index (χ4v) is 3.40. The molecule has 0 bridgehead atoms. The number of rotatable bonds is 5. The summed E-state index contributed by atoms with van der Waals surface area (Å²) in [6.45, 7) is -0.422. The number of benzene rings is 2. The zero-order valence-electron chi connectivity index (χ0n) is 14.6. The van der Waals surface area contributed by atoms with E-state index >= 15 is 0 Å². The summed E-state index contributed by atoms with van der Waals surface area (Å²) >= 11 is 1.55. The van der Waals surface area contributed by atoms with Crippen molar-refractivity contribution in [3.8, 4) is 5.75 Å². The summed E-state index contributed by atoms with van der Waals surface area (Å²) in [6, 6.07) is 11.8. The van der Waals surface area contributed by atoms with E-state index in [9.17, 15) is 14.4 Å². The average molecular weight is 386 g/mol. The number of carbonyl (C=O) groups is 3. The van der Waals surface area contributed by atoms with Crippen LogP contribution in [0.25, 0.3) is 0 Å². The molecular weight excluding hydrogens is 368 g/mol. The Morgan fingerprint density at radius 1 is 1.22 bits per heavy atom. The molecule has 140 valence electrons. The number of nitrogens with one attached hydrogen (secondary N) is 2. The van der Waals surface area contributed by atoms with E-state index < -0.39 is 18.5 Å². The molecule has 0 aliphatic carbocycles. The van der Waals surface area contributed by atoms with Crippen LogP contribution in [0.3, 0.4) is 0 Å². The summed E-state index contributed by atoms with van der Waals surface area (Å²) in [4.78, 5) is 36.7. The van der Waals surface area contributed by atoms with Gasteiger partial charge in [0.25, 0.3) is 5.91 Å². The van der Waals surface area contributed by atoms with E-state index in [4.69, 9.17) is 9.47 Å². The zero-order chi connectivity index (χ0) is 19.2. The molecule has 8 heteroatoms. The third-order valence-electron chi connectivity index (χ3n) is 3.76. The lowest BCUT2D eigenvalue weighted by atomic mass is 10.2. The van der Waals surface area contributed by atoms with Crippen molar-refractivity contribution in [2.45, 2.75) is 11.3 Å². The average Bonchev–Trinajstić information content (AvgIpc) is 2.86. The summed E-state index contributed by atoms with van der Waals surface area (Å²) < 4.78 is 10.2. The van der Waals surface area contributed by atoms with Gasteiger partial charge in [-0.2, -0.15) is 0 Å². The van der Waals surface area contributed by atoms with Crippen LogP contribution in [-0.2, 0) is 14.3 Å². The molecule has 0 radical (unpaired) electrons. The van der Waals surface area contributed by atoms with Gasteiger partial charge < -0.3 is 20.1 Å². The first-order valence-corrected chi connectivity index (χ1v) is 9.21. The molecule has 0 saturated carbocycles. The van der Waals surface area contributed by atoms with Crippen LogP contribution in [0, 0.1) is 0 Å². The van der Waals surface area contributed by atoms with Crippen LogP contribution in [0.5, 0.6) is 5.75 Å². The molecule has 27 heavy (non-hydrogen) atoms. The Morgan fingerprint density at radius 3 is 2.89 bits per heavy atom. The maximum atomic E-state index is 12.2. The molecule has 1 aliphatic rings. The maximum absolute atomic E-state index is 12.2. The number of amides is 2. The molecular formula is C19H18N2O5S. The van der Waals surface area contributed by atoms with Gasteiger partial charge >= 0.3 is 5.97 Å². The molecule has 0 aromatic heterocycles. The van der Waals surface area contributed by atoms with Crippen molar-refractivity contribution in [3.05, 3.63) is 48.0 Å². The first kappa shape index (κ1) is 18.8. The first-order chi connectivity index (χ1) is 13.0. The maximum Gasteiger partial charge on any atom is 0.338 e.